The van der Waals surface area contributed by atoms with Crippen LogP contribution in [0.5, 0.6) is 0 Å². The number of allylic oxidation sites excluding steroid dienone is 1. The normalized spacial score (nSPS) is 13.8. The van der Waals surface area contributed by atoms with Gasteiger partial charge in [-0.2, -0.15) is 5.26 Å². The zero-order valence-electron chi connectivity index (χ0n) is 11.4. The molecule has 0 saturated heterocycles. The van der Waals surface area contributed by atoms with E-state index in [2.05, 4.69) is 35.1 Å². The molecule has 1 heterocycles. The molecular weight excluding hydrogens is 258 g/mol. The third-order valence-corrected chi connectivity index (χ3v) is 3.35. The number of nitrogens with one attached hydrogen (secondary N) is 1. The van der Waals surface area contributed by atoms with Gasteiger partial charge in [0.1, 0.15) is 11.6 Å². The summed E-state index contributed by atoms with van der Waals surface area (Å²) >= 11 is 0. The number of aliphatic imine (C=N–C) groups is 1. The van der Waals surface area contributed by atoms with Gasteiger partial charge in [0.05, 0.1) is 17.7 Å². The molecule has 0 aliphatic carbocycles. The Morgan fingerprint density at radius 3 is 2.19 bits per heavy atom. The Kier molecular flexibility index (Phi) is 3.36. The van der Waals surface area contributed by atoms with E-state index in [0.717, 1.165) is 16.7 Å². The second kappa shape index (κ2) is 5.48. The highest BCUT2D eigenvalue weighted by atomic mass is 15.0. The number of rotatable bonds is 2. The van der Waals surface area contributed by atoms with Crippen LogP contribution >= 0.6 is 0 Å². The summed E-state index contributed by atoms with van der Waals surface area (Å²) in [5.41, 5.74) is 4.91. The highest BCUT2D eigenvalue weighted by Crippen LogP contribution is 2.27. The molecule has 0 atom stereocenters. The summed E-state index contributed by atoms with van der Waals surface area (Å²) in [5.74, 6) is 0. The first-order valence-corrected chi connectivity index (χ1v) is 6.58. The van der Waals surface area contributed by atoms with Gasteiger partial charge in [-0.05, 0) is 11.1 Å². The van der Waals surface area contributed by atoms with Crippen LogP contribution in [0.15, 0.2) is 77.4 Å². The fourth-order valence-electron chi connectivity index (χ4n) is 2.24. The predicted octanol–water partition coefficient (Wildman–Crippen LogP) is 3.73. The van der Waals surface area contributed by atoms with E-state index in [1.807, 2.05) is 42.5 Å². The van der Waals surface area contributed by atoms with Gasteiger partial charge < -0.3 is 5.32 Å². The Morgan fingerprint density at radius 2 is 1.52 bits per heavy atom. The lowest BCUT2D eigenvalue weighted by Gasteiger charge is -2.14. The maximum Gasteiger partial charge on any atom is 0.104 e. The first-order valence-electron chi connectivity index (χ1n) is 6.58. The minimum Gasteiger partial charge on any atom is -0.346 e. The first kappa shape index (κ1) is 12.9. The number of nitrogens with zero attached hydrogens (tertiary/aromatic N) is 2. The number of nitriles is 1. The molecule has 1 N–H and O–H groups in total. The van der Waals surface area contributed by atoms with E-state index >= 15 is 0 Å². The van der Waals surface area contributed by atoms with E-state index in [1.54, 1.807) is 6.34 Å². The third kappa shape index (κ3) is 2.47. The largest absolute Gasteiger partial charge is 0.346 e. The van der Waals surface area contributed by atoms with Gasteiger partial charge in [0, 0.05) is 5.56 Å². The molecule has 3 heteroatoms. The van der Waals surface area contributed by atoms with Crippen molar-refractivity contribution in [1.82, 2.24) is 5.32 Å². The Hall–Kier alpha value is -3.12. The molecule has 100 valence electrons. The average molecular weight is 271 g/mol. The van der Waals surface area contributed by atoms with Crippen LogP contribution < -0.4 is 5.32 Å². The average Bonchev–Trinajstić information content (AvgIpc) is 2.55. The maximum atomic E-state index is 9.24. The molecule has 2 aromatic rings. The van der Waals surface area contributed by atoms with Crippen LogP contribution in [0.4, 0.5) is 0 Å². The van der Waals surface area contributed by atoms with Gasteiger partial charge in [0.2, 0.25) is 0 Å². The zero-order valence-corrected chi connectivity index (χ0v) is 11.4. The molecule has 3 nitrogen and oxygen atoms in total. The van der Waals surface area contributed by atoms with Gasteiger partial charge in [0.15, 0.2) is 0 Å². The molecule has 0 radical (unpaired) electrons. The van der Waals surface area contributed by atoms with Gasteiger partial charge in [-0.1, -0.05) is 61.2 Å². The molecule has 2 aromatic carbocycles. The number of benzene rings is 2. The van der Waals surface area contributed by atoms with E-state index in [-0.39, 0.29) is 0 Å². The van der Waals surface area contributed by atoms with Gasteiger partial charge in [-0.25, -0.2) is 4.99 Å². The van der Waals surface area contributed by atoms with Crippen molar-refractivity contribution in [3.05, 3.63) is 78.0 Å². The van der Waals surface area contributed by atoms with Crippen LogP contribution in [-0.4, -0.2) is 6.34 Å². The summed E-state index contributed by atoms with van der Waals surface area (Å²) in [4.78, 5) is 4.26. The number of hydrogen-bond acceptors (Lipinski definition) is 3. The van der Waals surface area contributed by atoms with Crippen molar-refractivity contribution in [3.8, 4) is 17.2 Å². The second-order valence-electron chi connectivity index (χ2n) is 4.66. The Morgan fingerprint density at radius 1 is 0.905 bits per heavy atom. The summed E-state index contributed by atoms with van der Waals surface area (Å²) < 4.78 is 0. The lowest BCUT2D eigenvalue weighted by molar-refractivity contribution is 1.15. The van der Waals surface area contributed by atoms with Crippen LogP contribution in [0.3, 0.4) is 0 Å². The summed E-state index contributed by atoms with van der Waals surface area (Å²) in [6, 6.07) is 20.3. The molecule has 3 rings (SSSR count). The number of hydrogen-bond donors (Lipinski definition) is 1. The maximum absolute atomic E-state index is 9.24. The van der Waals surface area contributed by atoms with E-state index in [0.29, 0.717) is 17.0 Å². The van der Waals surface area contributed by atoms with Gasteiger partial charge in [0.25, 0.3) is 0 Å². The van der Waals surface area contributed by atoms with Crippen LogP contribution in [-0.2, 0) is 0 Å². The Bertz CT molecular complexity index is 775. The zero-order chi connectivity index (χ0) is 14.7. The van der Waals surface area contributed by atoms with Gasteiger partial charge in [-0.15, -0.1) is 0 Å². The fourth-order valence-corrected chi connectivity index (χ4v) is 2.24. The van der Waals surface area contributed by atoms with Gasteiger partial charge >= 0.3 is 0 Å². The van der Waals surface area contributed by atoms with E-state index in [1.165, 1.54) is 0 Å². The fraction of sp³-hybridized carbons (Fsp3) is 0. The molecule has 1 aliphatic heterocycles. The molecule has 1 aliphatic rings. The van der Waals surface area contributed by atoms with Crippen molar-refractivity contribution in [2.24, 2.45) is 4.99 Å². The first-order chi connectivity index (χ1) is 10.3. The van der Waals surface area contributed by atoms with E-state index in [9.17, 15) is 5.26 Å². The smallest absolute Gasteiger partial charge is 0.104 e. The molecule has 0 bridgehead atoms. The standard InChI is InChI=1S/C18H13N3/c1-13-17(11-19)18(21-12-20-13)16-9-7-15(8-10-16)14-5-3-2-4-6-14/h2-10,12H,1H2,(H,20,21). The van der Waals surface area contributed by atoms with Crippen molar-refractivity contribution in [3.63, 3.8) is 0 Å². The minimum atomic E-state index is 0.477. The molecule has 0 spiro atoms. The molecule has 21 heavy (non-hydrogen) atoms. The van der Waals surface area contributed by atoms with Crippen molar-refractivity contribution < 1.29 is 0 Å². The molecule has 0 unspecified atom stereocenters. The topological polar surface area (TPSA) is 48.2 Å². The summed E-state index contributed by atoms with van der Waals surface area (Å²) in [7, 11) is 0. The lowest BCUT2D eigenvalue weighted by Crippen LogP contribution is -2.16. The van der Waals surface area contributed by atoms with E-state index in [4.69, 9.17) is 0 Å². The quantitative estimate of drug-likeness (QED) is 0.904. The molecule has 0 amide bonds. The highest BCUT2D eigenvalue weighted by Gasteiger charge is 2.14. The summed E-state index contributed by atoms with van der Waals surface area (Å²) in [5, 5.41) is 12.1. The Labute approximate surface area is 123 Å². The van der Waals surface area contributed by atoms with Crippen LogP contribution in [0.1, 0.15) is 5.56 Å². The lowest BCUT2D eigenvalue weighted by atomic mass is 10.0. The highest BCUT2D eigenvalue weighted by molar-refractivity contribution is 5.85. The molecule has 0 aromatic heterocycles. The molecular formula is C18H13N3. The third-order valence-electron chi connectivity index (χ3n) is 3.35. The van der Waals surface area contributed by atoms with Crippen molar-refractivity contribution in [2.75, 3.05) is 0 Å². The van der Waals surface area contributed by atoms with Crippen molar-refractivity contribution in [1.29, 1.82) is 5.26 Å². The SMILES string of the molecule is C=C1NC=NC(c2ccc(-c3ccccc3)cc2)=C1C#N. The van der Waals surface area contributed by atoms with Crippen LogP contribution in [0.2, 0.25) is 0 Å². The predicted molar refractivity (Wildman–Crippen MR) is 85.2 cm³/mol. The monoisotopic (exact) mass is 271 g/mol. The van der Waals surface area contributed by atoms with E-state index < -0.39 is 0 Å². The summed E-state index contributed by atoms with van der Waals surface area (Å²) in [6.45, 7) is 3.82. The minimum absolute atomic E-state index is 0.477. The van der Waals surface area contributed by atoms with Crippen molar-refractivity contribution in [2.45, 2.75) is 0 Å². The molecule has 0 fully saturated rings. The molecule has 0 saturated carbocycles. The van der Waals surface area contributed by atoms with Crippen LogP contribution in [0.25, 0.3) is 16.8 Å². The van der Waals surface area contributed by atoms with Crippen LogP contribution in [0, 0.1) is 11.3 Å². The van der Waals surface area contributed by atoms with Gasteiger partial charge in [-0.3, -0.25) is 0 Å². The Balaban J connectivity index is 2.01. The second-order valence-corrected chi connectivity index (χ2v) is 4.66. The van der Waals surface area contributed by atoms with Crippen molar-refractivity contribution >= 4 is 12.0 Å². The summed E-state index contributed by atoms with van der Waals surface area (Å²) in [6.07, 6.45) is 1.56.